The minimum atomic E-state index is -3.73. The normalized spacial score (nSPS) is 11.4. The van der Waals surface area contributed by atoms with Gasteiger partial charge in [0.25, 0.3) is 10.0 Å². The van der Waals surface area contributed by atoms with E-state index >= 15 is 0 Å². The third-order valence-electron chi connectivity index (χ3n) is 5.81. The summed E-state index contributed by atoms with van der Waals surface area (Å²) in [6.45, 7) is 10.1. The molecule has 0 unspecified atom stereocenters. The molecule has 0 fully saturated rings. The first kappa shape index (κ1) is 23.0. The number of rotatable bonds is 7. The molecule has 164 valence electrons. The number of amides is 1. The van der Waals surface area contributed by atoms with Crippen molar-refractivity contribution in [2.24, 2.45) is 0 Å². The largest absolute Gasteiger partial charge is 0.351 e. The van der Waals surface area contributed by atoms with E-state index in [1.54, 1.807) is 35.6 Å². The van der Waals surface area contributed by atoms with Crippen LogP contribution in [0.3, 0.4) is 0 Å². The second-order valence-electron chi connectivity index (χ2n) is 7.79. The van der Waals surface area contributed by atoms with Gasteiger partial charge in [-0.1, -0.05) is 18.2 Å². The molecule has 0 spiro atoms. The smallest absolute Gasteiger partial charge is 0.262 e. The van der Waals surface area contributed by atoms with Gasteiger partial charge >= 0.3 is 0 Å². The quantitative estimate of drug-likeness (QED) is 0.528. The van der Waals surface area contributed by atoms with Crippen LogP contribution >= 0.6 is 11.3 Å². The highest BCUT2D eigenvalue weighted by atomic mass is 32.2. The predicted octanol–water partition coefficient (Wildman–Crippen LogP) is 4.95. The zero-order chi connectivity index (χ0) is 22.8. The molecule has 1 amide bonds. The van der Waals surface area contributed by atoms with Crippen LogP contribution in [0.2, 0.25) is 0 Å². The van der Waals surface area contributed by atoms with Crippen LogP contribution in [-0.4, -0.2) is 14.3 Å². The molecule has 5 nitrogen and oxygen atoms in total. The minimum absolute atomic E-state index is 0.0708. The number of carbonyl (C=O) groups is 1. The van der Waals surface area contributed by atoms with Crippen LogP contribution in [0, 0.1) is 34.6 Å². The summed E-state index contributed by atoms with van der Waals surface area (Å²) in [7, 11) is -3.73. The van der Waals surface area contributed by atoms with Crippen molar-refractivity contribution in [2.45, 2.75) is 52.5 Å². The second kappa shape index (κ2) is 9.24. The Morgan fingerprint density at radius 3 is 2.00 bits per heavy atom. The standard InChI is InChI=1S/C24H28N2O3S2/c1-15-16(2)18(4)24(19(5)17(15)3)31(28,29)26-21-10-8-20(9-11-21)13-23(27)25-14-22-7-6-12-30-22/h6-12,26H,13-14H2,1-5H3,(H,25,27). The molecule has 0 aliphatic heterocycles. The summed E-state index contributed by atoms with van der Waals surface area (Å²) in [5.41, 5.74) is 5.94. The van der Waals surface area contributed by atoms with Crippen LogP contribution in [-0.2, 0) is 27.8 Å². The Kier molecular flexibility index (Phi) is 6.86. The van der Waals surface area contributed by atoms with Crippen molar-refractivity contribution >= 4 is 33.0 Å². The molecule has 1 heterocycles. The Morgan fingerprint density at radius 1 is 0.871 bits per heavy atom. The van der Waals surface area contributed by atoms with E-state index in [-0.39, 0.29) is 12.3 Å². The van der Waals surface area contributed by atoms with E-state index in [1.807, 2.05) is 52.1 Å². The first-order valence-electron chi connectivity index (χ1n) is 10.1. The highest BCUT2D eigenvalue weighted by Crippen LogP contribution is 2.30. The lowest BCUT2D eigenvalue weighted by Gasteiger charge is -2.19. The average molecular weight is 457 g/mol. The van der Waals surface area contributed by atoms with E-state index in [4.69, 9.17) is 0 Å². The molecule has 1 aromatic heterocycles. The first-order chi connectivity index (χ1) is 14.6. The molecule has 2 aromatic carbocycles. The lowest BCUT2D eigenvalue weighted by atomic mass is 9.95. The van der Waals surface area contributed by atoms with Crippen LogP contribution in [0.4, 0.5) is 5.69 Å². The fraction of sp³-hybridized carbons (Fsp3) is 0.292. The first-order valence-corrected chi connectivity index (χ1v) is 12.4. The number of carbonyl (C=O) groups excluding carboxylic acids is 1. The van der Waals surface area contributed by atoms with E-state index in [0.717, 1.165) is 38.3 Å². The Labute approximate surface area is 188 Å². The Morgan fingerprint density at radius 2 is 1.45 bits per heavy atom. The molecule has 7 heteroatoms. The third-order valence-corrected chi connectivity index (χ3v) is 8.34. The lowest BCUT2D eigenvalue weighted by molar-refractivity contribution is -0.120. The van der Waals surface area contributed by atoms with E-state index in [2.05, 4.69) is 10.0 Å². The van der Waals surface area contributed by atoms with Gasteiger partial charge in [0.05, 0.1) is 17.9 Å². The van der Waals surface area contributed by atoms with Gasteiger partial charge < -0.3 is 5.32 Å². The molecular weight excluding hydrogens is 428 g/mol. The van der Waals surface area contributed by atoms with E-state index < -0.39 is 10.0 Å². The van der Waals surface area contributed by atoms with Gasteiger partial charge in [0.2, 0.25) is 5.91 Å². The fourth-order valence-corrected chi connectivity index (χ4v) is 5.92. The van der Waals surface area contributed by atoms with Gasteiger partial charge in [-0.25, -0.2) is 8.42 Å². The fourth-order valence-electron chi connectivity index (χ4n) is 3.61. The molecule has 3 aromatic rings. The maximum absolute atomic E-state index is 13.1. The average Bonchev–Trinajstić information content (AvgIpc) is 3.24. The number of thiophene rings is 1. The number of nitrogens with one attached hydrogen (secondary N) is 2. The Hall–Kier alpha value is -2.64. The van der Waals surface area contributed by atoms with Crippen LogP contribution in [0.15, 0.2) is 46.7 Å². The van der Waals surface area contributed by atoms with Gasteiger partial charge in [0.15, 0.2) is 0 Å². The predicted molar refractivity (Wildman–Crippen MR) is 127 cm³/mol. The topological polar surface area (TPSA) is 75.3 Å². The van der Waals surface area contributed by atoms with Crippen molar-refractivity contribution in [3.8, 4) is 0 Å². The number of hydrogen-bond donors (Lipinski definition) is 2. The van der Waals surface area contributed by atoms with Crippen LogP contribution < -0.4 is 10.0 Å². The van der Waals surface area contributed by atoms with Crippen molar-refractivity contribution in [3.63, 3.8) is 0 Å². The number of benzene rings is 2. The molecule has 3 rings (SSSR count). The summed E-state index contributed by atoms with van der Waals surface area (Å²) >= 11 is 1.60. The molecule has 0 saturated heterocycles. The Bertz CT molecular complexity index is 1170. The summed E-state index contributed by atoms with van der Waals surface area (Å²) < 4.78 is 29.0. The highest BCUT2D eigenvalue weighted by molar-refractivity contribution is 7.92. The van der Waals surface area contributed by atoms with Gasteiger partial charge in [0.1, 0.15) is 0 Å². The summed E-state index contributed by atoms with van der Waals surface area (Å²) in [6.07, 6.45) is 0.243. The maximum Gasteiger partial charge on any atom is 0.262 e. The van der Waals surface area contributed by atoms with Crippen molar-refractivity contribution in [1.29, 1.82) is 0 Å². The van der Waals surface area contributed by atoms with Crippen molar-refractivity contribution < 1.29 is 13.2 Å². The summed E-state index contributed by atoms with van der Waals surface area (Å²) in [6, 6.07) is 10.9. The van der Waals surface area contributed by atoms with Gasteiger partial charge in [-0.2, -0.15) is 0 Å². The van der Waals surface area contributed by atoms with E-state index in [1.165, 1.54) is 0 Å². The molecule has 0 saturated carbocycles. The summed E-state index contributed by atoms with van der Waals surface area (Å²) in [4.78, 5) is 13.6. The molecule has 2 N–H and O–H groups in total. The number of hydrogen-bond acceptors (Lipinski definition) is 4. The zero-order valence-electron chi connectivity index (χ0n) is 18.5. The number of anilines is 1. The molecule has 31 heavy (non-hydrogen) atoms. The van der Waals surface area contributed by atoms with Gasteiger partial charge in [-0.3, -0.25) is 9.52 Å². The van der Waals surface area contributed by atoms with Crippen LogP contribution in [0.5, 0.6) is 0 Å². The van der Waals surface area contributed by atoms with E-state index in [9.17, 15) is 13.2 Å². The molecule has 0 radical (unpaired) electrons. The molecule has 0 atom stereocenters. The monoisotopic (exact) mass is 456 g/mol. The summed E-state index contributed by atoms with van der Waals surface area (Å²) in [5.74, 6) is -0.0708. The Balaban J connectivity index is 1.71. The maximum atomic E-state index is 13.1. The highest BCUT2D eigenvalue weighted by Gasteiger charge is 2.23. The second-order valence-corrected chi connectivity index (χ2v) is 10.4. The zero-order valence-corrected chi connectivity index (χ0v) is 20.1. The van der Waals surface area contributed by atoms with Gasteiger partial charge in [-0.15, -0.1) is 11.3 Å². The van der Waals surface area contributed by atoms with Crippen LogP contribution in [0.1, 0.15) is 38.3 Å². The molecule has 0 bridgehead atoms. The third kappa shape index (κ3) is 5.17. The molecular formula is C24H28N2O3S2. The van der Waals surface area contributed by atoms with Gasteiger partial charge in [-0.05, 0) is 91.6 Å². The molecule has 0 aliphatic rings. The number of sulfonamides is 1. The SMILES string of the molecule is Cc1c(C)c(C)c(S(=O)(=O)Nc2ccc(CC(=O)NCc3cccs3)cc2)c(C)c1C. The van der Waals surface area contributed by atoms with Crippen LogP contribution in [0.25, 0.3) is 0 Å². The molecule has 0 aliphatic carbocycles. The van der Waals surface area contributed by atoms with Crippen molar-refractivity contribution in [3.05, 3.63) is 80.0 Å². The van der Waals surface area contributed by atoms with Gasteiger partial charge in [0, 0.05) is 10.6 Å². The summed E-state index contributed by atoms with van der Waals surface area (Å²) in [5, 5.41) is 4.87. The van der Waals surface area contributed by atoms with Crippen molar-refractivity contribution in [2.75, 3.05) is 4.72 Å². The van der Waals surface area contributed by atoms with Crippen molar-refractivity contribution in [1.82, 2.24) is 5.32 Å². The minimum Gasteiger partial charge on any atom is -0.351 e. The lowest BCUT2D eigenvalue weighted by Crippen LogP contribution is -2.24. The van der Waals surface area contributed by atoms with E-state index in [0.29, 0.717) is 17.1 Å².